The number of hydrogen-bond acceptors (Lipinski definition) is 7. The summed E-state index contributed by atoms with van der Waals surface area (Å²) < 4.78 is 18.4. The third kappa shape index (κ3) is 8.95. The van der Waals surface area contributed by atoms with E-state index in [9.17, 15) is 4.79 Å². The Kier molecular flexibility index (Phi) is 13.0. The van der Waals surface area contributed by atoms with Crippen molar-refractivity contribution >= 4 is 40.7 Å². The number of rotatable bonds is 15. The SMILES string of the molecule is CCCCCCCC[C@@H]1[C@@H](CCSc2nc(C(=O)OCC)cs2)[C@@H](Cl)C[C@H]1OC1CCCCO1. The van der Waals surface area contributed by atoms with Gasteiger partial charge in [0.1, 0.15) is 0 Å². The van der Waals surface area contributed by atoms with Crippen molar-refractivity contribution in [3.05, 3.63) is 11.1 Å². The monoisotopic (exact) mass is 531 g/mol. The molecule has 1 unspecified atom stereocenters. The van der Waals surface area contributed by atoms with Gasteiger partial charge in [-0.3, -0.25) is 0 Å². The van der Waals surface area contributed by atoms with E-state index in [4.69, 9.17) is 25.8 Å². The topological polar surface area (TPSA) is 57.7 Å². The van der Waals surface area contributed by atoms with E-state index in [-0.39, 0.29) is 23.7 Å². The first-order valence-corrected chi connectivity index (χ1v) is 15.6. The maximum atomic E-state index is 11.9. The molecule has 2 heterocycles. The molecule has 2 fully saturated rings. The van der Waals surface area contributed by atoms with Crippen LogP contribution in [0.25, 0.3) is 0 Å². The molecule has 3 rings (SSSR count). The maximum Gasteiger partial charge on any atom is 0.357 e. The fraction of sp³-hybridized carbons (Fsp3) is 0.846. The summed E-state index contributed by atoms with van der Waals surface area (Å²) in [5.74, 6) is 1.55. The molecule has 1 aliphatic carbocycles. The Labute approximate surface area is 219 Å². The van der Waals surface area contributed by atoms with E-state index in [2.05, 4.69) is 11.9 Å². The average molecular weight is 532 g/mol. The second-order valence-corrected chi connectivity index (χ2v) is 12.2. The molecule has 8 heteroatoms. The first kappa shape index (κ1) is 28.2. The summed E-state index contributed by atoms with van der Waals surface area (Å²) in [6.45, 7) is 5.25. The number of hydrogen-bond donors (Lipinski definition) is 0. The first-order chi connectivity index (χ1) is 16.6. The standard InChI is InChI=1S/C26H42ClNO4S2/c1-3-5-6-7-8-9-12-20-19(21(27)17-23(20)32-24-13-10-11-15-31-24)14-16-33-26-28-22(18-34-26)25(29)30-4-2/h18-21,23-24H,3-17H2,1-2H3/t19-,20-,21+,23-,24?/m1/s1. The number of alkyl halides is 1. The Hall–Kier alpha value is -0.340. The van der Waals surface area contributed by atoms with Crippen LogP contribution in [0, 0.1) is 11.8 Å². The number of aromatic nitrogens is 1. The van der Waals surface area contributed by atoms with E-state index < -0.39 is 0 Å². The lowest BCUT2D eigenvalue weighted by Crippen LogP contribution is -2.31. The van der Waals surface area contributed by atoms with E-state index >= 15 is 0 Å². The molecule has 0 bridgehead atoms. The van der Waals surface area contributed by atoms with Crippen LogP contribution in [0.2, 0.25) is 0 Å². The van der Waals surface area contributed by atoms with Crippen molar-refractivity contribution in [1.29, 1.82) is 0 Å². The molecule has 34 heavy (non-hydrogen) atoms. The third-order valence-corrected chi connectivity index (χ3v) is 9.51. The summed E-state index contributed by atoms with van der Waals surface area (Å²) in [6, 6.07) is 0. The summed E-state index contributed by atoms with van der Waals surface area (Å²) in [6.07, 6.45) is 14.5. The molecule has 0 N–H and O–H groups in total. The normalized spacial score (nSPS) is 27.2. The number of unbranched alkanes of at least 4 members (excludes halogenated alkanes) is 5. The molecule has 0 amide bonds. The number of thiazole rings is 1. The Morgan fingerprint density at radius 2 is 2.00 bits per heavy atom. The van der Waals surface area contributed by atoms with Gasteiger partial charge >= 0.3 is 5.97 Å². The van der Waals surface area contributed by atoms with E-state index in [1.807, 2.05) is 6.92 Å². The van der Waals surface area contributed by atoms with E-state index in [0.29, 0.717) is 24.1 Å². The van der Waals surface area contributed by atoms with Crippen molar-refractivity contribution in [3.63, 3.8) is 0 Å². The number of thioether (sulfide) groups is 1. The summed E-state index contributed by atoms with van der Waals surface area (Å²) in [5, 5.41) is 1.93. The van der Waals surface area contributed by atoms with Crippen LogP contribution in [-0.4, -0.2) is 47.7 Å². The number of nitrogens with zero attached hydrogens (tertiary/aromatic N) is 1. The highest BCUT2D eigenvalue weighted by Gasteiger charge is 2.43. The summed E-state index contributed by atoms with van der Waals surface area (Å²) in [7, 11) is 0. The van der Waals surface area contributed by atoms with Crippen molar-refractivity contribution in [2.45, 2.75) is 113 Å². The number of halogens is 1. The summed E-state index contributed by atoms with van der Waals surface area (Å²) >= 11 is 10.2. The highest BCUT2D eigenvalue weighted by Crippen LogP contribution is 2.44. The first-order valence-electron chi connectivity index (χ1n) is 13.3. The Bertz CT molecular complexity index is 713. The second-order valence-electron chi connectivity index (χ2n) is 9.46. The molecule has 2 aliphatic rings. The third-order valence-electron chi connectivity index (χ3n) is 6.95. The van der Waals surface area contributed by atoms with Gasteiger partial charge in [0.2, 0.25) is 0 Å². The van der Waals surface area contributed by atoms with Crippen molar-refractivity contribution in [1.82, 2.24) is 4.98 Å². The van der Waals surface area contributed by atoms with Gasteiger partial charge in [0.25, 0.3) is 0 Å². The average Bonchev–Trinajstić information content (AvgIpc) is 3.42. The molecule has 0 spiro atoms. The number of ether oxygens (including phenoxy) is 3. The van der Waals surface area contributed by atoms with E-state index in [0.717, 1.165) is 42.4 Å². The predicted octanol–water partition coefficient (Wildman–Crippen LogP) is 7.71. The fourth-order valence-electron chi connectivity index (χ4n) is 5.15. The molecule has 0 radical (unpaired) electrons. The molecule has 1 aromatic heterocycles. The van der Waals surface area contributed by atoms with Gasteiger partial charge in [-0.1, -0.05) is 57.2 Å². The Morgan fingerprint density at radius 3 is 2.76 bits per heavy atom. The van der Waals surface area contributed by atoms with Crippen molar-refractivity contribution < 1.29 is 19.0 Å². The zero-order chi connectivity index (χ0) is 24.2. The largest absolute Gasteiger partial charge is 0.461 e. The number of carbonyl (C=O) groups excluding carboxylic acids is 1. The maximum absolute atomic E-state index is 11.9. The highest BCUT2D eigenvalue weighted by atomic mass is 35.5. The number of carbonyl (C=O) groups is 1. The van der Waals surface area contributed by atoms with Crippen LogP contribution >= 0.6 is 34.7 Å². The van der Waals surface area contributed by atoms with Crippen molar-refractivity contribution in [2.75, 3.05) is 19.0 Å². The van der Waals surface area contributed by atoms with Gasteiger partial charge in [-0.2, -0.15) is 0 Å². The molecule has 0 aromatic carbocycles. The lowest BCUT2D eigenvalue weighted by molar-refractivity contribution is -0.196. The molecule has 1 aromatic rings. The van der Waals surface area contributed by atoms with Gasteiger partial charge in [-0.15, -0.1) is 22.9 Å². The minimum atomic E-state index is -0.342. The quantitative estimate of drug-likeness (QED) is 0.0999. The molecular weight excluding hydrogens is 490 g/mol. The predicted molar refractivity (Wildman–Crippen MR) is 141 cm³/mol. The van der Waals surface area contributed by atoms with Gasteiger partial charge in [0, 0.05) is 23.1 Å². The number of esters is 1. The van der Waals surface area contributed by atoms with Crippen molar-refractivity contribution in [3.8, 4) is 0 Å². The van der Waals surface area contributed by atoms with Crippen LogP contribution in [-0.2, 0) is 14.2 Å². The highest BCUT2D eigenvalue weighted by molar-refractivity contribution is 8.01. The second kappa shape index (κ2) is 15.7. The zero-order valence-electron chi connectivity index (χ0n) is 20.8. The minimum Gasteiger partial charge on any atom is -0.461 e. The summed E-state index contributed by atoms with van der Waals surface area (Å²) in [5.41, 5.74) is 0.410. The van der Waals surface area contributed by atoms with Crippen LogP contribution < -0.4 is 0 Å². The van der Waals surface area contributed by atoms with Crippen molar-refractivity contribution in [2.24, 2.45) is 11.8 Å². The van der Waals surface area contributed by atoms with Crippen LogP contribution in [0.5, 0.6) is 0 Å². The van der Waals surface area contributed by atoms with Crippen LogP contribution in [0.1, 0.15) is 101 Å². The minimum absolute atomic E-state index is 0.0561. The molecule has 1 aliphatic heterocycles. The van der Waals surface area contributed by atoms with Crippen LogP contribution in [0.4, 0.5) is 0 Å². The van der Waals surface area contributed by atoms with Crippen LogP contribution in [0.3, 0.4) is 0 Å². The summed E-state index contributed by atoms with van der Waals surface area (Å²) in [4.78, 5) is 16.3. The lowest BCUT2D eigenvalue weighted by Gasteiger charge is -2.30. The molecular formula is C26H42ClNO4S2. The van der Waals surface area contributed by atoms with E-state index in [1.165, 1.54) is 62.7 Å². The van der Waals surface area contributed by atoms with Gasteiger partial charge in [-0.25, -0.2) is 9.78 Å². The van der Waals surface area contributed by atoms with Gasteiger partial charge in [0.15, 0.2) is 16.3 Å². The molecule has 5 atom stereocenters. The Morgan fingerprint density at radius 1 is 1.18 bits per heavy atom. The van der Waals surface area contributed by atoms with Crippen LogP contribution in [0.15, 0.2) is 9.72 Å². The molecule has 194 valence electrons. The molecule has 5 nitrogen and oxygen atoms in total. The van der Waals surface area contributed by atoms with Gasteiger partial charge in [0.05, 0.1) is 12.7 Å². The van der Waals surface area contributed by atoms with E-state index in [1.54, 1.807) is 17.1 Å². The lowest BCUT2D eigenvalue weighted by atomic mass is 9.87. The fourth-order valence-corrected chi connectivity index (χ4v) is 7.54. The zero-order valence-corrected chi connectivity index (χ0v) is 23.2. The molecule has 1 saturated carbocycles. The Balaban J connectivity index is 1.52. The van der Waals surface area contributed by atoms with Gasteiger partial charge in [-0.05, 0) is 57.3 Å². The molecule has 1 saturated heterocycles. The van der Waals surface area contributed by atoms with Gasteiger partial charge < -0.3 is 14.2 Å². The smallest absolute Gasteiger partial charge is 0.357 e.